The van der Waals surface area contributed by atoms with Crippen molar-refractivity contribution in [1.29, 1.82) is 0 Å². The van der Waals surface area contributed by atoms with E-state index in [1.165, 1.54) is 23.6 Å². The maximum Gasteiger partial charge on any atom is 0.408 e. The Balaban J connectivity index is 0.000000340. The minimum absolute atomic E-state index is 0.0236. The number of hydrogen-bond acceptors (Lipinski definition) is 14. The van der Waals surface area contributed by atoms with Crippen molar-refractivity contribution in [2.75, 3.05) is 26.2 Å². The summed E-state index contributed by atoms with van der Waals surface area (Å²) in [7, 11) is 0. The molecule has 0 bridgehead atoms. The number of rotatable bonds is 14. The van der Waals surface area contributed by atoms with Crippen LogP contribution in [0.5, 0.6) is 0 Å². The molecule has 2 aromatic carbocycles. The topological polar surface area (TPSA) is 269 Å². The average molecular weight is 899 g/mol. The molecule has 64 heavy (non-hydrogen) atoms. The van der Waals surface area contributed by atoms with Gasteiger partial charge >= 0.3 is 24.1 Å². The number of β-amino-alcohol motifs (C(OH)–C–C–N with tert-alkyl or cyclic N) is 2. The van der Waals surface area contributed by atoms with Gasteiger partial charge in [0.1, 0.15) is 61.7 Å². The number of carbonyl (C=O) groups excluding carboxylic acids is 8. The summed E-state index contributed by atoms with van der Waals surface area (Å²) in [5.41, 5.74) is 0.173. The molecule has 20 nitrogen and oxygen atoms in total. The summed E-state index contributed by atoms with van der Waals surface area (Å²) >= 11 is 0. The highest BCUT2D eigenvalue weighted by molar-refractivity contribution is 5.94. The molecule has 0 radical (unpaired) electrons. The Morgan fingerprint density at radius 2 is 0.922 bits per heavy atom. The molecule has 0 aliphatic carbocycles. The van der Waals surface area contributed by atoms with Crippen LogP contribution in [-0.2, 0) is 60.9 Å². The summed E-state index contributed by atoms with van der Waals surface area (Å²) in [5, 5.41) is 29.7. The number of aliphatic hydroxyl groups excluding tert-OH is 2. The minimum atomic E-state index is -0.971. The van der Waals surface area contributed by atoms with Crippen LogP contribution in [0.25, 0.3) is 0 Å². The number of carbonyl (C=O) groups is 8. The second-order valence-electron chi connectivity index (χ2n) is 17.3. The van der Waals surface area contributed by atoms with Gasteiger partial charge in [-0.25, -0.2) is 9.59 Å². The van der Waals surface area contributed by atoms with Crippen molar-refractivity contribution < 1.29 is 67.5 Å². The molecule has 352 valence electrons. The largest absolute Gasteiger partial charge is 0.460 e. The van der Waals surface area contributed by atoms with E-state index >= 15 is 0 Å². The molecule has 4 rings (SSSR count). The quantitative estimate of drug-likeness (QED) is 0.116. The van der Waals surface area contributed by atoms with E-state index in [4.69, 9.17) is 18.9 Å². The van der Waals surface area contributed by atoms with Gasteiger partial charge in [-0.15, -0.1) is 0 Å². The molecule has 2 aliphatic rings. The Labute approximate surface area is 372 Å². The van der Waals surface area contributed by atoms with E-state index in [1.54, 1.807) is 41.5 Å². The molecule has 6 amide bonds. The summed E-state index contributed by atoms with van der Waals surface area (Å²) in [6.07, 6.45) is -3.27. The van der Waals surface area contributed by atoms with Crippen LogP contribution in [0.1, 0.15) is 79.4 Å². The fraction of sp³-hybridized carbons (Fsp3) is 0.545. The summed E-state index contributed by atoms with van der Waals surface area (Å²) < 4.78 is 20.5. The van der Waals surface area contributed by atoms with Gasteiger partial charge in [0.05, 0.1) is 12.2 Å². The first-order valence-electron chi connectivity index (χ1n) is 20.8. The second-order valence-corrected chi connectivity index (χ2v) is 17.3. The molecular formula is C44H62N6O14. The van der Waals surface area contributed by atoms with E-state index in [-0.39, 0.29) is 52.2 Å². The zero-order valence-electron chi connectivity index (χ0n) is 37.6. The number of aliphatic hydroxyl groups is 2. The van der Waals surface area contributed by atoms with Crippen molar-refractivity contribution in [3.63, 3.8) is 0 Å². The number of nitrogens with one attached hydrogen (secondary N) is 4. The number of ether oxygens (including phenoxy) is 4. The first-order chi connectivity index (χ1) is 29.9. The van der Waals surface area contributed by atoms with Gasteiger partial charge in [-0.05, 0) is 66.5 Å². The molecule has 20 heteroatoms. The molecule has 0 aromatic heterocycles. The minimum Gasteiger partial charge on any atom is -0.460 e. The van der Waals surface area contributed by atoms with Crippen LogP contribution in [0, 0.1) is 0 Å². The Bertz CT molecular complexity index is 1780. The molecule has 2 heterocycles. The van der Waals surface area contributed by atoms with Crippen molar-refractivity contribution in [1.82, 2.24) is 31.1 Å². The highest BCUT2D eigenvalue weighted by atomic mass is 16.6. The molecule has 2 fully saturated rings. The number of hydrogen-bond donors (Lipinski definition) is 6. The van der Waals surface area contributed by atoms with Crippen LogP contribution < -0.4 is 21.3 Å². The van der Waals surface area contributed by atoms with Gasteiger partial charge < -0.3 is 60.2 Å². The molecular weight excluding hydrogens is 837 g/mol. The predicted molar refractivity (Wildman–Crippen MR) is 228 cm³/mol. The lowest BCUT2D eigenvalue weighted by Gasteiger charge is -2.27. The van der Waals surface area contributed by atoms with Crippen molar-refractivity contribution in [2.45, 2.75) is 129 Å². The predicted octanol–water partition coefficient (Wildman–Crippen LogP) is 1.44. The van der Waals surface area contributed by atoms with Crippen molar-refractivity contribution >= 4 is 47.8 Å². The van der Waals surface area contributed by atoms with Gasteiger partial charge in [-0.2, -0.15) is 0 Å². The van der Waals surface area contributed by atoms with Gasteiger partial charge in [0.2, 0.25) is 23.6 Å². The standard InChI is InChI=1S/2C22H31N3O7/c2*1-14(24-21(30)32-22(2,3)4)20(29)25-12-16(26)10-17(25)19(28)23-11-18(27)31-13-15-8-6-5-7-9-15/h2*5-9,14,16-17,26H,10-13H2,1-4H3,(H,23,28)(H,24,30)/t2*14-,16+,17-/m00/s1. The molecule has 6 atom stereocenters. The SMILES string of the molecule is C[C@H](NC(=O)OC(C)(C)C)C(=O)N1C[C@H](O)C[C@H]1C(=O)NCC(=O)OCc1ccccc1.C[C@H](NC(=O)OC(C)(C)C)C(=O)N1C[C@H](O)C[C@H]1C(=O)NCC(=O)OCc1ccccc1. The first kappa shape index (κ1) is 52.1. The Morgan fingerprint density at radius 1 is 0.594 bits per heavy atom. The zero-order chi connectivity index (χ0) is 47.8. The van der Waals surface area contributed by atoms with E-state index < -0.39 is 95.3 Å². The lowest BCUT2D eigenvalue weighted by Crippen LogP contribution is -2.53. The van der Waals surface area contributed by atoms with Crippen molar-refractivity contribution in [3.05, 3.63) is 71.8 Å². The average Bonchev–Trinajstić information content (AvgIpc) is 3.81. The lowest BCUT2D eigenvalue weighted by atomic mass is 10.1. The van der Waals surface area contributed by atoms with Crippen LogP contribution >= 0.6 is 0 Å². The van der Waals surface area contributed by atoms with Crippen molar-refractivity contribution in [3.8, 4) is 0 Å². The van der Waals surface area contributed by atoms with E-state index in [1.807, 2.05) is 60.7 Å². The van der Waals surface area contributed by atoms with E-state index in [0.717, 1.165) is 11.1 Å². The molecule has 0 saturated carbocycles. The Hall–Kier alpha value is -6.28. The van der Waals surface area contributed by atoms with Gasteiger partial charge in [0, 0.05) is 25.9 Å². The van der Waals surface area contributed by atoms with Crippen LogP contribution in [0.2, 0.25) is 0 Å². The Kier molecular flexibility index (Phi) is 19.5. The number of likely N-dealkylation sites (tertiary alicyclic amines) is 2. The third-order valence-corrected chi connectivity index (χ3v) is 9.24. The lowest BCUT2D eigenvalue weighted by molar-refractivity contribution is -0.146. The number of amides is 6. The highest BCUT2D eigenvalue weighted by Gasteiger charge is 2.42. The Morgan fingerprint density at radius 3 is 1.23 bits per heavy atom. The fourth-order valence-corrected chi connectivity index (χ4v) is 6.33. The van der Waals surface area contributed by atoms with Crippen LogP contribution in [-0.4, -0.2) is 142 Å². The van der Waals surface area contributed by atoms with Crippen LogP contribution in [0.4, 0.5) is 9.59 Å². The molecule has 6 N–H and O–H groups in total. The number of benzene rings is 2. The summed E-state index contributed by atoms with van der Waals surface area (Å²) in [5.74, 6) is -3.51. The second kappa shape index (κ2) is 24.0. The third kappa shape index (κ3) is 18.2. The maximum absolute atomic E-state index is 12.8. The molecule has 2 aliphatic heterocycles. The van der Waals surface area contributed by atoms with Gasteiger partial charge in [0.25, 0.3) is 0 Å². The van der Waals surface area contributed by atoms with E-state index in [2.05, 4.69) is 21.3 Å². The summed E-state index contributed by atoms with van der Waals surface area (Å²) in [6, 6.07) is 14.3. The molecule has 0 spiro atoms. The number of esters is 2. The van der Waals surface area contributed by atoms with Crippen LogP contribution in [0.3, 0.4) is 0 Å². The number of alkyl carbamates (subject to hydrolysis) is 2. The van der Waals surface area contributed by atoms with Gasteiger partial charge in [-0.1, -0.05) is 60.7 Å². The van der Waals surface area contributed by atoms with E-state index in [0.29, 0.717) is 0 Å². The summed E-state index contributed by atoms with van der Waals surface area (Å²) in [4.78, 5) is 101. The van der Waals surface area contributed by atoms with Gasteiger partial charge in [0.15, 0.2) is 0 Å². The summed E-state index contributed by atoms with van der Waals surface area (Å²) in [6.45, 7) is 12.4. The van der Waals surface area contributed by atoms with Crippen LogP contribution in [0.15, 0.2) is 60.7 Å². The molecule has 0 unspecified atom stereocenters. The normalized spacial score (nSPS) is 19.1. The fourth-order valence-electron chi connectivity index (χ4n) is 6.33. The third-order valence-electron chi connectivity index (χ3n) is 9.24. The smallest absolute Gasteiger partial charge is 0.408 e. The first-order valence-corrected chi connectivity index (χ1v) is 20.8. The highest BCUT2D eigenvalue weighted by Crippen LogP contribution is 2.21. The monoisotopic (exact) mass is 898 g/mol. The number of nitrogens with zero attached hydrogens (tertiary/aromatic N) is 2. The van der Waals surface area contributed by atoms with Gasteiger partial charge in [-0.3, -0.25) is 28.8 Å². The molecule has 2 aromatic rings. The van der Waals surface area contributed by atoms with Crippen molar-refractivity contribution in [2.24, 2.45) is 0 Å². The zero-order valence-corrected chi connectivity index (χ0v) is 37.6. The molecule has 2 saturated heterocycles. The van der Waals surface area contributed by atoms with E-state index in [9.17, 15) is 48.6 Å². The maximum atomic E-state index is 12.8.